The molecule has 2 rings (SSSR count). The van der Waals surface area contributed by atoms with E-state index in [1.165, 1.54) is 23.3 Å². The fourth-order valence-electron chi connectivity index (χ4n) is 2.06. The highest BCUT2D eigenvalue weighted by molar-refractivity contribution is 7.98. The molecule has 1 aliphatic heterocycles. The van der Waals surface area contributed by atoms with Crippen LogP contribution in [0.1, 0.15) is 24.4 Å². The summed E-state index contributed by atoms with van der Waals surface area (Å²) in [5, 5.41) is 3.53. The third-order valence-corrected chi connectivity index (χ3v) is 3.67. The molecule has 0 aliphatic carbocycles. The molecule has 1 heterocycles. The smallest absolute Gasteiger partial charge is 0.119 e. The number of ether oxygens (including phenoxy) is 1. The summed E-state index contributed by atoms with van der Waals surface area (Å²) in [5.41, 5.74) is 1.42. The minimum absolute atomic E-state index is 0.540. The van der Waals surface area contributed by atoms with Gasteiger partial charge in [0, 0.05) is 10.9 Å². The van der Waals surface area contributed by atoms with Crippen LogP contribution in [0, 0.1) is 0 Å². The second kappa shape index (κ2) is 4.90. The molecule has 1 N–H and O–H groups in total. The van der Waals surface area contributed by atoms with Gasteiger partial charge in [-0.1, -0.05) is 6.07 Å². The van der Waals surface area contributed by atoms with Crippen molar-refractivity contribution in [1.29, 1.82) is 0 Å². The number of methoxy groups -OCH3 is 1. The Bertz CT molecular complexity index is 334. The molecule has 0 spiro atoms. The number of rotatable bonds is 3. The van der Waals surface area contributed by atoms with E-state index in [-0.39, 0.29) is 0 Å². The number of hydrogen-bond acceptors (Lipinski definition) is 3. The van der Waals surface area contributed by atoms with Crippen molar-refractivity contribution in [3.8, 4) is 5.75 Å². The van der Waals surface area contributed by atoms with E-state index >= 15 is 0 Å². The molecule has 1 atom stereocenters. The van der Waals surface area contributed by atoms with Crippen LogP contribution >= 0.6 is 11.8 Å². The molecule has 0 radical (unpaired) electrons. The van der Waals surface area contributed by atoms with Crippen LogP contribution in [0.4, 0.5) is 0 Å². The average Bonchev–Trinajstić information content (AvgIpc) is 2.81. The van der Waals surface area contributed by atoms with E-state index in [2.05, 4.69) is 29.8 Å². The first-order chi connectivity index (χ1) is 7.35. The van der Waals surface area contributed by atoms with Crippen molar-refractivity contribution in [2.75, 3.05) is 19.9 Å². The molecule has 0 amide bonds. The molecular formula is C12H17NOS. The van der Waals surface area contributed by atoms with E-state index in [0.717, 1.165) is 12.3 Å². The van der Waals surface area contributed by atoms with Crippen molar-refractivity contribution < 1.29 is 4.74 Å². The molecule has 0 saturated carbocycles. The van der Waals surface area contributed by atoms with Crippen LogP contribution in [-0.2, 0) is 0 Å². The van der Waals surface area contributed by atoms with Gasteiger partial charge in [-0.15, -0.1) is 11.8 Å². The Morgan fingerprint density at radius 2 is 2.33 bits per heavy atom. The summed E-state index contributed by atoms with van der Waals surface area (Å²) in [7, 11) is 1.72. The molecule has 82 valence electrons. The van der Waals surface area contributed by atoms with Gasteiger partial charge in [-0.25, -0.2) is 0 Å². The third kappa shape index (κ3) is 2.29. The lowest BCUT2D eigenvalue weighted by atomic mass is 10.1. The summed E-state index contributed by atoms with van der Waals surface area (Å²) in [6.07, 6.45) is 4.65. The second-order valence-electron chi connectivity index (χ2n) is 3.76. The first-order valence-corrected chi connectivity index (χ1v) is 6.53. The fourth-order valence-corrected chi connectivity index (χ4v) is 2.74. The average molecular weight is 223 g/mol. The van der Waals surface area contributed by atoms with Gasteiger partial charge in [-0.05, 0) is 43.3 Å². The quantitative estimate of drug-likeness (QED) is 0.796. The standard InChI is InChI=1S/C12H17NOS/c1-14-9-5-6-10(12(8-9)15-2)11-4-3-7-13-11/h5-6,8,11,13H,3-4,7H2,1-2H3. The van der Waals surface area contributed by atoms with Gasteiger partial charge in [0.25, 0.3) is 0 Å². The number of thioether (sulfide) groups is 1. The maximum absolute atomic E-state index is 5.24. The van der Waals surface area contributed by atoms with Crippen LogP contribution in [0.15, 0.2) is 23.1 Å². The van der Waals surface area contributed by atoms with Crippen molar-refractivity contribution in [2.45, 2.75) is 23.8 Å². The Morgan fingerprint density at radius 1 is 1.47 bits per heavy atom. The Hall–Kier alpha value is -0.670. The van der Waals surface area contributed by atoms with E-state index in [9.17, 15) is 0 Å². The Balaban J connectivity index is 2.29. The molecule has 1 unspecified atom stereocenters. The second-order valence-corrected chi connectivity index (χ2v) is 4.60. The molecule has 15 heavy (non-hydrogen) atoms. The van der Waals surface area contributed by atoms with E-state index in [1.54, 1.807) is 18.9 Å². The monoisotopic (exact) mass is 223 g/mol. The van der Waals surface area contributed by atoms with Crippen LogP contribution in [-0.4, -0.2) is 19.9 Å². The highest BCUT2D eigenvalue weighted by Crippen LogP contribution is 2.33. The van der Waals surface area contributed by atoms with Crippen molar-refractivity contribution in [1.82, 2.24) is 5.32 Å². The summed E-state index contributed by atoms with van der Waals surface area (Å²) in [6.45, 7) is 1.14. The number of nitrogens with one attached hydrogen (secondary N) is 1. The van der Waals surface area contributed by atoms with Gasteiger partial charge in [0.1, 0.15) is 5.75 Å². The summed E-state index contributed by atoms with van der Waals surface area (Å²) >= 11 is 1.79. The van der Waals surface area contributed by atoms with E-state index in [4.69, 9.17) is 4.74 Å². The normalized spacial score (nSPS) is 20.5. The highest BCUT2D eigenvalue weighted by atomic mass is 32.2. The molecule has 1 aromatic rings. The Morgan fingerprint density at radius 3 is 2.93 bits per heavy atom. The SMILES string of the molecule is COc1ccc(C2CCCN2)c(SC)c1. The first-order valence-electron chi connectivity index (χ1n) is 5.30. The molecule has 0 aromatic heterocycles. The van der Waals surface area contributed by atoms with Crippen molar-refractivity contribution in [3.63, 3.8) is 0 Å². The molecule has 3 heteroatoms. The van der Waals surface area contributed by atoms with Crippen molar-refractivity contribution in [2.24, 2.45) is 0 Å². The minimum Gasteiger partial charge on any atom is -0.497 e. The molecular weight excluding hydrogens is 206 g/mol. The van der Waals surface area contributed by atoms with Crippen LogP contribution < -0.4 is 10.1 Å². The van der Waals surface area contributed by atoms with Gasteiger partial charge < -0.3 is 10.1 Å². The Kier molecular flexibility index (Phi) is 3.54. The minimum atomic E-state index is 0.540. The highest BCUT2D eigenvalue weighted by Gasteiger charge is 2.19. The lowest BCUT2D eigenvalue weighted by Gasteiger charge is -2.15. The van der Waals surface area contributed by atoms with Gasteiger partial charge in [-0.3, -0.25) is 0 Å². The molecule has 1 aliphatic rings. The summed E-state index contributed by atoms with van der Waals surface area (Å²) < 4.78 is 5.24. The van der Waals surface area contributed by atoms with Gasteiger partial charge in [-0.2, -0.15) is 0 Å². The lowest BCUT2D eigenvalue weighted by Crippen LogP contribution is -2.13. The third-order valence-electron chi connectivity index (χ3n) is 2.88. The summed E-state index contributed by atoms with van der Waals surface area (Å²) in [6, 6.07) is 6.90. The van der Waals surface area contributed by atoms with Crippen molar-refractivity contribution in [3.05, 3.63) is 23.8 Å². The van der Waals surface area contributed by atoms with Gasteiger partial charge >= 0.3 is 0 Å². The topological polar surface area (TPSA) is 21.3 Å². The van der Waals surface area contributed by atoms with Crippen LogP contribution in [0.3, 0.4) is 0 Å². The van der Waals surface area contributed by atoms with Crippen LogP contribution in [0.25, 0.3) is 0 Å². The van der Waals surface area contributed by atoms with Crippen molar-refractivity contribution >= 4 is 11.8 Å². The molecule has 1 fully saturated rings. The number of benzene rings is 1. The van der Waals surface area contributed by atoms with Crippen LogP contribution in [0.5, 0.6) is 5.75 Å². The predicted octanol–water partition coefficient (Wildman–Crippen LogP) is 2.84. The number of hydrogen-bond donors (Lipinski definition) is 1. The molecule has 0 bridgehead atoms. The summed E-state index contributed by atoms with van der Waals surface area (Å²) in [4.78, 5) is 1.33. The van der Waals surface area contributed by atoms with E-state index < -0.39 is 0 Å². The maximum atomic E-state index is 5.24. The first kappa shape index (κ1) is 10.8. The van der Waals surface area contributed by atoms with Gasteiger partial charge in [0.2, 0.25) is 0 Å². The predicted molar refractivity (Wildman–Crippen MR) is 64.8 cm³/mol. The summed E-state index contributed by atoms with van der Waals surface area (Å²) in [5.74, 6) is 0.945. The van der Waals surface area contributed by atoms with Gasteiger partial charge in [0.05, 0.1) is 7.11 Å². The lowest BCUT2D eigenvalue weighted by molar-refractivity contribution is 0.413. The Labute approximate surface area is 95.4 Å². The van der Waals surface area contributed by atoms with Crippen LogP contribution in [0.2, 0.25) is 0 Å². The molecule has 1 saturated heterocycles. The maximum Gasteiger partial charge on any atom is 0.119 e. The molecule has 2 nitrogen and oxygen atoms in total. The van der Waals surface area contributed by atoms with E-state index in [0.29, 0.717) is 6.04 Å². The zero-order chi connectivity index (χ0) is 10.7. The van der Waals surface area contributed by atoms with E-state index in [1.807, 2.05) is 0 Å². The largest absolute Gasteiger partial charge is 0.497 e. The zero-order valence-electron chi connectivity index (χ0n) is 9.25. The zero-order valence-corrected chi connectivity index (χ0v) is 10.1. The molecule has 1 aromatic carbocycles. The fraction of sp³-hybridized carbons (Fsp3) is 0.500. The van der Waals surface area contributed by atoms with Gasteiger partial charge in [0.15, 0.2) is 0 Å².